The van der Waals surface area contributed by atoms with E-state index in [1.807, 2.05) is 0 Å². The first-order chi connectivity index (χ1) is 8.63. The van der Waals surface area contributed by atoms with Crippen LogP contribution >= 0.6 is 0 Å². The van der Waals surface area contributed by atoms with Crippen molar-refractivity contribution < 1.29 is 4.57 Å². The van der Waals surface area contributed by atoms with E-state index in [4.69, 9.17) is 0 Å². The van der Waals surface area contributed by atoms with Crippen molar-refractivity contribution in [2.45, 2.75) is 33.1 Å². The molecule has 18 heavy (non-hydrogen) atoms. The second-order valence-electron chi connectivity index (χ2n) is 5.08. The van der Waals surface area contributed by atoms with Crippen molar-refractivity contribution in [3.05, 3.63) is 53.7 Å². The van der Waals surface area contributed by atoms with Crippen molar-refractivity contribution in [3.63, 3.8) is 0 Å². The van der Waals surface area contributed by atoms with Crippen LogP contribution in [-0.2, 0) is 7.05 Å². The Labute approximate surface area is 110 Å². The smallest absolute Gasteiger partial charge is 0.201 e. The maximum absolute atomic E-state index is 2.33. The topological polar surface area (TPSA) is 3.88 Å². The lowest BCUT2D eigenvalue weighted by molar-refractivity contribution is -0.660. The zero-order chi connectivity index (χ0) is 13.1. The summed E-state index contributed by atoms with van der Waals surface area (Å²) in [6, 6.07) is 13.1. The number of pyridine rings is 1. The highest BCUT2D eigenvalue weighted by atomic mass is 14.9. The van der Waals surface area contributed by atoms with Crippen molar-refractivity contribution in [3.8, 4) is 11.3 Å². The molecule has 0 fully saturated rings. The molecule has 2 aromatic rings. The van der Waals surface area contributed by atoms with Crippen LogP contribution in [0.5, 0.6) is 0 Å². The monoisotopic (exact) mass is 240 g/mol. The summed E-state index contributed by atoms with van der Waals surface area (Å²) in [6.45, 7) is 6.70. The van der Waals surface area contributed by atoms with Crippen LogP contribution in [0.4, 0.5) is 0 Å². The molecule has 0 saturated carbocycles. The van der Waals surface area contributed by atoms with E-state index in [0.717, 1.165) is 0 Å². The molecule has 94 valence electrons. The van der Waals surface area contributed by atoms with Gasteiger partial charge in [-0.25, -0.2) is 4.57 Å². The third-order valence-corrected chi connectivity index (χ3v) is 3.78. The van der Waals surface area contributed by atoms with Gasteiger partial charge in [0.15, 0.2) is 6.20 Å². The van der Waals surface area contributed by atoms with E-state index in [0.29, 0.717) is 5.92 Å². The number of rotatable bonds is 3. The highest BCUT2D eigenvalue weighted by Gasteiger charge is 2.14. The molecule has 1 atom stereocenters. The van der Waals surface area contributed by atoms with Crippen LogP contribution in [-0.4, -0.2) is 0 Å². The van der Waals surface area contributed by atoms with Crippen LogP contribution in [0.2, 0.25) is 0 Å². The Balaban J connectivity index is 2.54. The van der Waals surface area contributed by atoms with Crippen molar-refractivity contribution in [1.29, 1.82) is 0 Å². The van der Waals surface area contributed by atoms with E-state index < -0.39 is 0 Å². The zero-order valence-corrected chi connectivity index (χ0v) is 11.8. The summed E-state index contributed by atoms with van der Waals surface area (Å²) in [5.74, 6) is 0.619. The Morgan fingerprint density at radius 1 is 1.17 bits per heavy atom. The lowest BCUT2D eigenvalue weighted by atomic mass is 9.96. The molecule has 1 aromatic carbocycles. The molecule has 1 heterocycles. The Bertz CT molecular complexity index is 543. The van der Waals surface area contributed by atoms with Gasteiger partial charge in [-0.3, -0.25) is 0 Å². The zero-order valence-electron chi connectivity index (χ0n) is 11.8. The molecule has 1 aromatic heterocycles. The number of nitrogens with zero attached hydrogens (tertiary/aromatic N) is 1. The van der Waals surface area contributed by atoms with Crippen molar-refractivity contribution in [2.24, 2.45) is 7.05 Å². The van der Waals surface area contributed by atoms with Crippen LogP contribution in [0.15, 0.2) is 42.6 Å². The summed E-state index contributed by atoms with van der Waals surface area (Å²) in [4.78, 5) is 0. The molecule has 0 saturated heterocycles. The summed E-state index contributed by atoms with van der Waals surface area (Å²) in [5.41, 5.74) is 5.37. The summed E-state index contributed by atoms with van der Waals surface area (Å²) >= 11 is 0. The van der Waals surface area contributed by atoms with E-state index in [-0.39, 0.29) is 0 Å². The fraction of sp³-hybridized carbons (Fsp3) is 0.353. The summed E-state index contributed by atoms with van der Waals surface area (Å²) < 4.78 is 2.20. The summed E-state index contributed by atoms with van der Waals surface area (Å²) in [5, 5.41) is 0. The largest absolute Gasteiger partial charge is 0.212 e. The quantitative estimate of drug-likeness (QED) is 0.714. The molecule has 0 radical (unpaired) electrons. The average molecular weight is 240 g/mol. The van der Waals surface area contributed by atoms with Crippen molar-refractivity contribution in [1.82, 2.24) is 0 Å². The fourth-order valence-corrected chi connectivity index (χ4v) is 2.26. The van der Waals surface area contributed by atoms with Gasteiger partial charge in [0.2, 0.25) is 5.69 Å². The predicted octanol–water partition coefficient (Wildman–Crippen LogP) is 4.00. The standard InChI is InChI=1S/C17H22N/c1-5-13(2)15-10-11-18(4)17(12-15)16-9-7-6-8-14(16)3/h6-13H,5H2,1-4H3/q+1. The van der Waals surface area contributed by atoms with Crippen LogP contribution in [0.3, 0.4) is 0 Å². The van der Waals surface area contributed by atoms with E-state index in [2.05, 4.69) is 75.0 Å². The molecule has 2 rings (SSSR count). The van der Waals surface area contributed by atoms with Crippen LogP contribution in [0, 0.1) is 6.92 Å². The number of aryl methyl sites for hydroxylation is 2. The van der Waals surface area contributed by atoms with Gasteiger partial charge in [-0.05, 0) is 36.5 Å². The number of aromatic nitrogens is 1. The molecule has 0 N–H and O–H groups in total. The van der Waals surface area contributed by atoms with E-state index >= 15 is 0 Å². The Morgan fingerprint density at radius 2 is 1.89 bits per heavy atom. The Morgan fingerprint density at radius 3 is 2.56 bits per heavy atom. The second-order valence-corrected chi connectivity index (χ2v) is 5.08. The van der Waals surface area contributed by atoms with Crippen molar-refractivity contribution >= 4 is 0 Å². The highest BCUT2D eigenvalue weighted by molar-refractivity contribution is 5.61. The molecule has 0 bridgehead atoms. The van der Waals surface area contributed by atoms with Gasteiger partial charge in [0.05, 0.1) is 0 Å². The van der Waals surface area contributed by atoms with Gasteiger partial charge in [0.25, 0.3) is 0 Å². The van der Waals surface area contributed by atoms with E-state index in [1.54, 1.807) is 0 Å². The van der Waals surface area contributed by atoms with Crippen LogP contribution in [0.1, 0.15) is 37.3 Å². The summed E-state index contributed by atoms with van der Waals surface area (Å²) in [6.07, 6.45) is 3.35. The Kier molecular flexibility index (Phi) is 3.81. The average Bonchev–Trinajstić information content (AvgIpc) is 2.39. The molecular weight excluding hydrogens is 218 g/mol. The first kappa shape index (κ1) is 12.8. The number of benzene rings is 1. The Hall–Kier alpha value is -1.63. The third kappa shape index (κ3) is 2.45. The third-order valence-electron chi connectivity index (χ3n) is 3.78. The minimum absolute atomic E-state index is 0.619. The maximum Gasteiger partial charge on any atom is 0.212 e. The molecule has 0 aliphatic heterocycles. The molecule has 1 heteroatoms. The minimum atomic E-state index is 0.619. The van der Waals surface area contributed by atoms with Gasteiger partial charge in [0.1, 0.15) is 7.05 Å². The number of hydrogen-bond donors (Lipinski definition) is 0. The van der Waals surface area contributed by atoms with Gasteiger partial charge in [-0.15, -0.1) is 0 Å². The van der Waals surface area contributed by atoms with E-state index in [1.165, 1.54) is 28.8 Å². The SMILES string of the molecule is CCC(C)c1cc[n+](C)c(-c2ccccc2C)c1. The normalized spacial score (nSPS) is 12.4. The molecule has 1 nitrogen and oxygen atoms in total. The minimum Gasteiger partial charge on any atom is -0.201 e. The molecule has 0 aliphatic rings. The maximum atomic E-state index is 2.33. The molecule has 0 spiro atoms. The van der Waals surface area contributed by atoms with Gasteiger partial charge < -0.3 is 0 Å². The molecular formula is C17H22N+. The van der Waals surface area contributed by atoms with Crippen molar-refractivity contribution in [2.75, 3.05) is 0 Å². The highest BCUT2D eigenvalue weighted by Crippen LogP contribution is 2.24. The molecule has 0 amide bonds. The first-order valence-electron chi connectivity index (χ1n) is 6.69. The van der Waals surface area contributed by atoms with Gasteiger partial charge >= 0.3 is 0 Å². The predicted molar refractivity (Wildman–Crippen MR) is 76.5 cm³/mol. The van der Waals surface area contributed by atoms with E-state index in [9.17, 15) is 0 Å². The van der Waals surface area contributed by atoms with Crippen LogP contribution < -0.4 is 4.57 Å². The second kappa shape index (κ2) is 5.34. The molecule has 0 aliphatic carbocycles. The number of hydrogen-bond acceptors (Lipinski definition) is 0. The fourth-order valence-electron chi connectivity index (χ4n) is 2.26. The lowest BCUT2D eigenvalue weighted by Gasteiger charge is -2.10. The van der Waals surface area contributed by atoms with Crippen LogP contribution in [0.25, 0.3) is 11.3 Å². The van der Waals surface area contributed by atoms with Gasteiger partial charge in [-0.1, -0.05) is 32.0 Å². The first-order valence-corrected chi connectivity index (χ1v) is 6.69. The van der Waals surface area contributed by atoms with Gasteiger partial charge in [-0.2, -0.15) is 0 Å². The van der Waals surface area contributed by atoms with Gasteiger partial charge in [0, 0.05) is 17.7 Å². The molecule has 1 unspecified atom stereocenters. The lowest BCUT2D eigenvalue weighted by Crippen LogP contribution is -2.30. The summed E-state index contributed by atoms with van der Waals surface area (Å²) in [7, 11) is 2.11.